The molecule has 3 unspecified atom stereocenters. The predicted molar refractivity (Wildman–Crippen MR) is 83.3 cm³/mol. The van der Waals surface area contributed by atoms with E-state index in [0.29, 0.717) is 25.9 Å². The van der Waals surface area contributed by atoms with Crippen LogP contribution in [0.15, 0.2) is 0 Å². The summed E-state index contributed by atoms with van der Waals surface area (Å²) < 4.78 is 0. The number of alkyl halides is 1. The lowest BCUT2D eigenvalue weighted by molar-refractivity contribution is -0.172. The van der Waals surface area contributed by atoms with Crippen molar-refractivity contribution in [3.05, 3.63) is 0 Å². The maximum atomic E-state index is 13.2. The van der Waals surface area contributed by atoms with Gasteiger partial charge in [-0.1, -0.05) is 36.7 Å². The molecule has 1 amide bonds. The fraction of sp³-hybridized carbons (Fsp3) is 0.812. The van der Waals surface area contributed by atoms with Crippen LogP contribution in [0.2, 0.25) is 0 Å². The van der Waals surface area contributed by atoms with Crippen LogP contribution in [-0.2, 0) is 4.79 Å². The Morgan fingerprint density at radius 1 is 1.19 bits per heavy atom. The van der Waals surface area contributed by atoms with Crippen molar-refractivity contribution < 1.29 is 4.79 Å². The standard InChI is InChI=1S/C16H22BrN3O/c1-14(2)15(3)6-7-16(14,12(15)17)13(21)20(10-4-8-18)11-5-9-19/h12H,4-7,10-11H2,1-3H3. The van der Waals surface area contributed by atoms with E-state index in [-0.39, 0.29) is 27.0 Å². The van der Waals surface area contributed by atoms with Crippen molar-refractivity contribution in [3.8, 4) is 12.1 Å². The highest BCUT2D eigenvalue weighted by Gasteiger charge is 2.80. The van der Waals surface area contributed by atoms with E-state index in [1.807, 2.05) is 0 Å². The lowest BCUT2D eigenvalue weighted by Gasteiger charge is -2.64. The van der Waals surface area contributed by atoms with E-state index >= 15 is 0 Å². The van der Waals surface area contributed by atoms with E-state index < -0.39 is 0 Å². The molecule has 0 aromatic carbocycles. The number of nitriles is 2. The summed E-state index contributed by atoms with van der Waals surface area (Å²) in [6.45, 7) is 7.46. The fourth-order valence-electron chi connectivity index (χ4n) is 4.39. The second kappa shape index (κ2) is 5.29. The zero-order valence-corrected chi connectivity index (χ0v) is 14.5. The highest BCUT2D eigenvalue weighted by molar-refractivity contribution is 9.09. The zero-order chi connectivity index (χ0) is 15.9. The van der Waals surface area contributed by atoms with Crippen molar-refractivity contribution in [2.75, 3.05) is 13.1 Å². The van der Waals surface area contributed by atoms with Crippen molar-refractivity contribution in [1.82, 2.24) is 4.90 Å². The van der Waals surface area contributed by atoms with Crippen LogP contribution < -0.4 is 0 Å². The van der Waals surface area contributed by atoms with Gasteiger partial charge >= 0.3 is 0 Å². The largest absolute Gasteiger partial charge is 0.340 e. The molecule has 2 bridgehead atoms. The van der Waals surface area contributed by atoms with Crippen molar-refractivity contribution in [1.29, 1.82) is 10.5 Å². The van der Waals surface area contributed by atoms with Gasteiger partial charge in [0.05, 0.1) is 30.4 Å². The summed E-state index contributed by atoms with van der Waals surface area (Å²) >= 11 is 3.77. The Kier molecular flexibility index (Phi) is 4.10. The van der Waals surface area contributed by atoms with E-state index in [4.69, 9.17) is 10.5 Å². The van der Waals surface area contributed by atoms with Crippen molar-refractivity contribution in [2.45, 2.75) is 51.3 Å². The number of hydrogen-bond donors (Lipinski definition) is 0. The van der Waals surface area contributed by atoms with E-state index in [1.165, 1.54) is 0 Å². The van der Waals surface area contributed by atoms with Crippen LogP contribution >= 0.6 is 15.9 Å². The van der Waals surface area contributed by atoms with Crippen LogP contribution in [0, 0.1) is 38.9 Å². The molecular formula is C16H22BrN3O. The number of fused-ring (bicyclic) bond motifs is 1. The summed E-state index contributed by atoms with van der Waals surface area (Å²) in [6, 6.07) is 4.19. The Labute approximate surface area is 135 Å². The monoisotopic (exact) mass is 351 g/mol. The number of carbonyl (C=O) groups is 1. The SMILES string of the molecule is CC12CCC(C(=O)N(CCC#N)CCC#N)(C1Br)C2(C)C. The number of hydrogen-bond acceptors (Lipinski definition) is 3. The van der Waals surface area contributed by atoms with Crippen molar-refractivity contribution in [2.24, 2.45) is 16.2 Å². The molecule has 0 heterocycles. The van der Waals surface area contributed by atoms with Gasteiger partial charge in [-0.05, 0) is 23.7 Å². The molecule has 3 atom stereocenters. The van der Waals surface area contributed by atoms with Crippen molar-refractivity contribution in [3.63, 3.8) is 0 Å². The lowest BCUT2D eigenvalue weighted by Crippen LogP contribution is -2.69. The Hall–Kier alpha value is -1.07. The van der Waals surface area contributed by atoms with Crippen LogP contribution in [-0.4, -0.2) is 28.7 Å². The summed E-state index contributed by atoms with van der Waals surface area (Å²) in [5.74, 6) is 0.120. The summed E-state index contributed by atoms with van der Waals surface area (Å²) in [4.78, 5) is 15.1. The van der Waals surface area contributed by atoms with Crippen molar-refractivity contribution >= 4 is 21.8 Å². The number of rotatable bonds is 5. The summed E-state index contributed by atoms with van der Waals surface area (Å²) in [5, 5.41) is 17.6. The topological polar surface area (TPSA) is 67.9 Å². The lowest BCUT2D eigenvalue weighted by atomic mass is 9.43. The van der Waals surface area contributed by atoms with Gasteiger partial charge in [-0.25, -0.2) is 0 Å². The molecule has 21 heavy (non-hydrogen) atoms. The molecule has 3 saturated carbocycles. The first-order valence-electron chi connectivity index (χ1n) is 7.47. The minimum absolute atomic E-state index is 0.0528. The van der Waals surface area contributed by atoms with Gasteiger partial charge in [-0.3, -0.25) is 4.79 Å². The molecule has 114 valence electrons. The molecule has 0 saturated heterocycles. The molecule has 0 aromatic rings. The van der Waals surface area contributed by atoms with Gasteiger partial charge < -0.3 is 4.90 Å². The minimum atomic E-state index is -0.382. The zero-order valence-electron chi connectivity index (χ0n) is 12.9. The predicted octanol–water partition coefficient (Wildman–Crippen LogP) is 3.23. The molecule has 5 heteroatoms. The average Bonchev–Trinajstić information content (AvgIpc) is 2.86. The molecule has 0 spiro atoms. The third-order valence-electron chi connectivity index (χ3n) is 6.23. The second-order valence-corrected chi connectivity index (χ2v) is 7.90. The van der Waals surface area contributed by atoms with E-state index in [2.05, 4.69) is 48.8 Å². The Morgan fingerprint density at radius 3 is 2.05 bits per heavy atom. The van der Waals surface area contributed by atoms with E-state index in [0.717, 1.165) is 12.8 Å². The fourth-order valence-corrected chi connectivity index (χ4v) is 6.19. The Morgan fingerprint density at radius 2 is 1.71 bits per heavy atom. The molecule has 0 aromatic heterocycles. The number of nitrogens with zero attached hydrogens (tertiary/aromatic N) is 3. The minimum Gasteiger partial charge on any atom is -0.340 e. The number of amides is 1. The van der Waals surface area contributed by atoms with Crippen LogP contribution in [0.5, 0.6) is 0 Å². The Bertz CT molecular complexity index is 515. The first-order chi connectivity index (χ1) is 9.79. The molecule has 3 aliphatic carbocycles. The molecule has 3 rings (SSSR count). The third kappa shape index (κ3) is 1.87. The molecule has 3 fully saturated rings. The van der Waals surface area contributed by atoms with E-state index in [1.54, 1.807) is 4.90 Å². The van der Waals surface area contributed by atoms with Gasteiger partial charge in [0.25, 0.3) is 0 Å². The normalized spacial score (nSPS) is 35.4. The maximum absolute atomic E-state index is 13.2. The van der Waals surface area contributed by atoms with Gasteiger partial charge in [0, 0.05) is 17.9 Å². The van der Waals surface area contributed by atoms with Crippen LogP contribution in [0.1, 0.15) is 46.5 Å². The van der Waals surface area contributed by atoms with Gasteiger partial charge in [0.1, 0.15) is 0 Å². The van der Waals surface area contributed by atoms with E-state index in [9.17, 15) is 4.79 Å². The molecule has 3 aliphatic rings. The molecule has 4 nitrogen and oxygen atoms in total. The summed E-state index contributed by atoms with van der Waals surface area (Å²) in [7, 11) is 0. The first-order valence-corrected chi connectivity index (χ1v) is 8.38. The quantitative estimate of drug-likeness (QED) is 0.714. The first kappa shape index (κ1) is 16.3. The summed E-state index contributed by atoms with van der Waals surface area (Å²) in [6.07, 6.45) is 2.57. The molecule has 0 radical (unpaired) electrons. The molecular weight excluding hydrogens is 330 g/mol. The molecule has 0 aliphatic heterocycles. The number of halogens is 1. The third-order valence-corrected chi connectivity index (χ3v) is 8.02. The highest BCUT2D eigenvalue weighted by Crippen LogP contribution is 2.80. The van der Waals surface area contributed by atoms with Crippen LogP contribution in [0.4, 0.5) is 0 Å². The maximum Gasteiger partial charge on any atom is 0.230 e. The molecule has 0 N–H and O–H groups in total. The Balaban J connectivity index is 2.25. The van der Waals surface area contributed by atoms with Gasteiger partial charge in [-0.15, -0.1) is 0 Å². The average molecular weight is 352 g/mol. The van der Waals surface area contributed by atoms with Gasteiger partial charge in [0.2, 0.25) is 5.91 Å². The van der Waals surface area contributed by atoms with Crippen LogP contribution in [0.3, 0.4) is 0 Å². The highest BCUT2D eigenvalue weighted by atomic mass is 79.9. The second-order valence-electron chi connectivity index (χ2n) is 6.98. The van der Waals surface area contributed by atoms with Gasteiger partial charge in [0.15, 0.2) is 0 Å². The summed E-state index contributed by atoms with van der Waals surface area (Å²) in [5.41, 5.74) is -0.283. The van der Waals surface area contributed by atoms with Crippen LogP contribution in [0.25, 0.3) is 0 Å². The number of carbonyl (C=O) groups excluding carboxylic acids is 1. The smallest absolute Gasteiger partial charge is 0.230 e. The van der Waals surface area contributed by atoms with Gasteiger partial charge in [-0.2, -0.15) is 10.5 Å².